The predicted molar refractivity (Wildman–Crippen MR) is 254 cm³/mol. The van der Waals surface area contributed by atoms with Crippen molar-refractivity contribution < 1.29 is 63.0 Å². The van der Waals surface area contributed by atoms with Crippen molar-refractivity contribution in [1.82, 2.24) is 4.90 Å². The molecule has 3 heterocycles. The summed E-state index contributed by atoms with van der Waals surface area (Å²) in [5, 5.41) is 33.8. The predicted octanol–water partition coefficient (Wildman–Crippen LogP) is 5.26. The number of carbonyl (C=O) groups is 5. The maximum atomic E-state index is 14.4. The summed E-state index contributed by atoms with van der Waals surface area (Å²) in [6.07, 6.45) is 11.2. The standard InChI is InChI=1S/C51H79NO13.Pb.2H/c1-30-16-12-11-13-17-31(2)42(61-8)28-38-21-19-36(7)51(60,65-38)48(57)49(58)52-23-15-14-18-39(52)50(59)64-43(33(4)26-37-20-22-40(53)44(27-37)62-9)29-41(54)32(3)25-35(6)46(56)47(63-10)45(55)34(5)24-30;;;/h11-13,16-17,25,30,32-34,36-40,42-44,46-47,53,56,60H,14-15,18-24,26-29H2,1-10H3;;;/b13-11+,16-12+,31-17+,35-25+;;;/t30-,32-,33-,34-,36-,37+,38+,39+,40-,42+,43+,44-,46-,47+,51-;;;/m1.../s1. The third-order valence-corrected chi connectivity index (χ3v) is 14.5. The molecule has 3 aliphatic heterocycles. The van der Waals surface area contributed by atoms with Gasteiger partial charge in [-0.05, 0) is 107 Å². The van der Waals surface area contributed by atoms with E-state index in [2.05, 4.69) is 0 Å². The molecule has 2 saturated heterocycles. The number of piperidine rings is 1. The Labute approximate surface area is 413 Å². The molecule has 3 fully saturated rings. The number of nitrogens with zero attached hydrogens (tertiary/aromatic N) is 1. The summed E-state index contributed by atoms with van der Waals surface area (Å²) in [5.41, 5.74) is 1.27. The average Bonchev–Trinajstić information content (AvgIpc) is 3.28. The van der Waals surface area contributed by atoms with Gasteiger partial charge in [0.1, 0.15) is 30.1 Å². The second kappa shape index (κ2) is 27.1. The first-order valence-corrected chi connectivity index (χ1v) is 23.9. The van der Waals surface area contributed by atoms with Crippen LogP contribution in [0.15, 0.2) is 47.6 Å². The molecule has 372 valence electrons. The van der Waals surface area contributed by atoms with Gasteiger partial charge in [0, 0.05) is 58.5 Å². The quantitative estimate of drug-likeness (QED) is 0.135. The molecule has 15 atom stereocenters. The fourth-order valence-electron chi connectivity index (χ4n) is 10.1. The van der Waals surface area contributed by atoms with E-state index in [9.17, 15) is 39.3 Å². The molecule has 4 rings (SSSR count). The topological polar surface area (TPSA) is 195 Å². The van der Waals surface area contributed by atoms with E-state index in [1.807, 2.05) is 58.1 Å². The minimum atomic E-state index is -2.43. The van der Waals surface area contributed by atoms with E-state index in [0.29, 0.717) is 63.4 Å². The number of allylic oxidation sites excluding steroid dienone is 6. The summed E-state index contributed by atoms with van der Waals surface area (Å²) >= 11 is 0. The van der Waals surface area contributed by atoms with E-state index in [4.69, 9.17) is 23.7 Å². The van der Waals surface area contributed by atoms with Crippen molar-refractivity contribution >= 4 is 56.5 Å². The van der Waals surface area contributed by atoms with Crippen LogP contribution >= 0.6 is 0 Å². The van der Waals surface area contributed by atoms with Crippen molar-refractivity contribution in [3.05, 3.63) is 47.6 Å². The monoisotopic (exact) mass is 1120 g/mol. The number of aliphatic hydroxyl groups excluding tert-OH is 2. The maximum absolute atomic E-state index is 14.4. The summed E-state index contributed by atoms with van der Waals surface area (Å²) in [6.45, 7) is 12.7. The molecule has 14 nitrogen and oxygen atoms in total. The molecule has 2 bridgehead atoms. The van der Waals surface area contributed by atoms with Gasteiger partial charge >= 0.3 is 33.3 Å². The molecule has 1 aliphatic carbocycles. The molecule has 0 aromatic rings. The number of Topliss-reactive ketones (excluding diaryl/α,β-unsaturated/α-hetero) is 3. The fraction of sp³-hybridized carbons (Fsp3) is 0.745. The first-order valence-electron chi connectivity index (χ1n) is 23.9. The Morgan fingerprint density at radius 3 is 2.23 bits per heavy atom. The number of rotatable bonds is 6. The van der Waals surface area contributed by atoms with Gasteiger partial charge in [0.05, 0.1) is 24.4 Å². The van der Waals surface area contributed by atoms with Crippen molar-refractivity contribution in [2.24, 2.45) is 35.5 Å². The summed E-state index contributed by atoms with van der Waals surface area (Å²) in [6, 6.07) is -1.14. The van der Waals surface area contributed by atoms with Crippen LogP contribution in [0.4, 0.5) is 0 Å². The van der Waals surface area contributed by atoms with Crippen LogP contribution in [0.5, 0.6) is 0 Å². The Balaban J connectivity index is 0.0000116. The molecular formula is C51H81NO13Pb. The second-order valence-electron chi connectivity index (χ2n) is 19.6. The summed E-state index contributed by atoms with van der Waals surface area (Å²) in [5.74, 6) is -7.96. The Morgan fingerprint density at radius 1 is 0.848 bits per heavy atom. The number of ether oxygens (including phenoxy) is 5. The number of methoxy groups -OCH3 is 3. The third-order valence-electron chi connectivity index (χ3n) is 14.5. The molecule has 0 unspecified atom stereocenters. The molecule has 3 N–H and O–H groups in total. The van der Waals surface area contributed by atoms with Crippen molar-refractivity contribution in [2.75, 3.05) is 27.9 Å². The number of ketones is 3. The van der Waals surface area contributed by atoms with E-state index in [1.54, 1.807) is 41.1 Å². The van der Waals surface area contributed by atoms with Gasteiger partial charge in [-0.3, -0.25) is 19.2 Å². The van der Waals surface area contributed by atoms with Crippen LogP contribution in [-0.2, 0) is 47.7 Å². The van der Waals surface area contributed by atoms with Crippen LogP contribution in [-0.4, -0.2) is 159 Å². The van der Waals surface area contributed by atoms with Crippen molar-refractivity contribution in [2.45, 2.75) is 180 Å². The summed E-state index contributed by atoms with van der Waals surface area (Å²) in [4.78, 5) is 71.8. The van der Waals surface area contributed by atoms with Crippen LogP contribution in [0.3, 0.4) is 0 Å². The van der Waals surface area contributed by atoms with Gasteiger partial charge in [0.15, 0.2) is 5.78 Å². The van der Waals surface area contributed by atoms with E-state index in [-0.39, 0.29) is 82.1 Å². The normalized spacial score (nSPS) is 39.8. The van der Waals surface area contributed by atoms with Crippen LogP contribution < -0.4 is 0 Å². The van der Waals surface area contributed by atoms with Crippen molar-refractivity contribution in [3.63, 3.8) is 0 Å². The van der Waals surface area contributed by atoms with E-state index in [0.717, 1.165) is 12.0 Å². The van der Waals surface area contributed by atoms with Crippen LogP contribution in [0, 0.1) is 35.5 Å². The first-order chi connectivity index (χ1) is 30.7. The van der Waals surface area contributed by atoms with Gasteiger partial charge in [0.2, 0.25) is 5.79 Å². The third kappa shape index (κ3) is 15.3. The Bertz CT molecular complexity index is 1760. The number of amides is 1. The van der Waals surface area contributed by atoms with Crippen LogP contribution in [0.25, 0.3) is 0 Å². The molecule has 4 aliphatic rings. The summed E-state index contributed by atoms with van der Waals surface area (Å²) in [7, 11) is 4.52. The van der Waals surface area contributed by atoms with Crippen LogP contribution in [0.2, 0.25) is 0 Å². The minimum absolute atomic E-state index is 0. The number of aliphatic hydroxyl groups is 3. The van der Waals surface area contributed by atoms with Gasteiger partial charge in [-0.15, -0.1) is 0 Å². The molecule has 1 amide bonds. The number of cyclic esters (lactones) is 1. The fourth-order valence-corrected chi connectivity index (χ4v) is 10.1. The van der Waals surface area contributed by atoms with Crippen LogP contribution in [0.1, 0.15) is 126 Å². The van der Waals surface area contributed by atoms with Crippen molar-refractivity contribution in [3.8, 4) is 0 Å². The molecule has 1 saturated carbocycles. The van der Waals surface area contributed by atoms with Gasteiger partial charge < -0.3 is 43.9 Å². The molecular weight excluding hydrogens is 1040 g/mol. The first kappa shape index (κ1) is 57.9. The SMILES string of the molecule is CO[C@H]1C[C@@H]2CC[C@@H](C)[C@@](O)(O2)C(=O)C(=O)N2CCCC[C@H]2C(=O)O[C@H]([C@H](C)C[C@@H]2CC[C@@H](O)[C@H](OC)C2)CC(=O)[C@H](C)/C=C(\C)[C@@H](O)[C@@H](OC)C(=O)[C@H](C)C[C@H](C)/C=C/C=C/C=C/1C.[PbH2]. The number of fused-ring (bicyclic) bond motifs is 3. The number of esters is 1. The zero-order valence-corrected chi connectivity index (χ0v) is 46.8. The zero-order chi connectivity index (χ0) is 48.2. The van der Waals surface area contributed by atoms with E-state index < -0.39 is 83.9 Å². The average molecular weight is 1120 g/mol. The number of hydrogen-bond acceptors (Lipinski definition) is 13. The van der Waals surface area contributed by atoms with Gasteiger partial charge in [0.25, 0.3) is 11.7 Å². The Kier molecular flexibility index (Phi) is 23.7. The second-order valence-corrected chi connectivity index (χ2v) is 19.6. The molecule has 0 aromatic carbocycles. The van der Waals surface area contributed by atoms with Crippen molar-refractivity contribution in [1.29, 1.82) is 0 Å². The van der Waals surface area contributed by atoms with E-state index >= 15 is 0 Å². The zero-order valence-electron chi connectivity index (χ0n) is 41.3. The molecule has 2 radical (unpaired) electrons. The number of carbonyl (C=O) groups excluding carboxylic acids is 5. The molecule has 66 heavy (non-hydrogen) atoms. The van der Waals surface area contributed by atoms with Gasteiger partial charge in [-0.1, -0.05) is 71.1 Å². The Morgan fingerprint density at radius 2 is 1.56 bits per heavy atom. The molecule has 0 aromatic heterocycles. The molecule has 0 spiro atoms. The summed E-state index contributed by atoms with van der Waals surface area (Å²) < 4.78 is 29.4. The van der Waals surface area contributed by atoms with Gasteiger partial charge in [-0.2, -0.15) is 0 Å². The number of hydrogen-bond donors (Lipinski definition) is 3. The molecule has 15 heteroatoms. The van der Waals surface area contributed by atoms with Gasteiger partial charge in [-0.25, -0.2) is 4.79 Å². The Hall–Kier alpha value is -2.45. The van der Waals surface area contributed by atoms with E-state index in [1.165, 1.54) is 12.0 Å².